The van der Waals surface area contributed by atoms with Gasteiger partial charge in [0, 0.05) is 11.6 Å². The number of carbonyl (C=O) groups is 1. The Morgan fingerprint density at radius 2 is 1.88 bits per heavy atom. The number of amides is 1. The number of hydrogen-bond acceptors (Lipinski definition) is 4. The van der Waals surface area contributed by atoms with E-state index < -0.39 is 5.41 Å². The predicted molar refractivity (Wildman–Crippen MR) is 99.1 cm³/mol. The van der Waals surface area contributed by atoms with Crippen molar-refractivity contribution >= 4 is 11.6 Å². The Morgan fingerprint density at radius 1 is 1.15 bits per heavy atom. The quantitative estimate of drug-likeness (QED) is 0.716. The van der Waals surface area contributed by atoms with Crippen molar-refractivity contribution in [2.24, 2.45) is 0 Å². The van der Waals surface area contributed by atoms with Gasteiger partial charge in [0.25, 0.3) is 0 Å². The third kappa shape index (κ3) is 2.96. The van der Waals surface area contributed by atoms with Crippen LogP contribution in [0.1, 0.15) is 25.5 Å². The van der Waals surface area contributed by atoms with Gasteiger partial charge in [0.05, 0.1) is 23.4 Å². The van der Waals surface area contributed by atoms with Gasteiger partial charge in [0.2, 0.25) is 5.91 Å². The van der Waals surface area contributed by atoms with Crippen LogP contribution in [0.2, 0.25) is 0 Å². The first-order valence-electron chi connectivity index (χ1n) is 8.79. The number of para-hydroxylation sites is 2. The molecule has 1 saturated carbocycles. The van der Waals surface area contributed by atoms with E-state index in [9.17, 15) is 4.79 Å². The molecule has 1 amide bonds. The average Bonchev–Trinajstić information content (AvgIpc) is 3.34. The van der Waals surface area contributed by atoms with E-state index in [4.69, 9.17) is 9.26 Å². The minimum atomic E-state index is -0.615. The molecule has 1 aliphatic rings. The summed E-state index contributed by atoms with van der Waals surface area (Å²) in [5, 5.41) is 7.18. The van der Waals surface area contributed by atoms with Gasteiger partial charge in [-0.3, -0.25) is 4.79 Å². The number of benzene rings is 2. The molecule has 5 nitrogen and oxygen atoms in total. The normalized spacial score (nSPS) is 14.7. The summed E-state index contributed by atoms with van der Waals surface area (Å²) in [6, 6.07) is 19.1. The van der Waals surface area contributed by atoms with Crippen LogP contribution in [0.3, 0.4) is 0 Å². The third-order valence-electron chi connectivity index (χ3n) is 4.68. The Hall–Kier alpha value is -3.08. The van der Waals surface area contributed by atoms with E-state index in [1.807, 2.05) is 67.6 Å². The lowest BCUT2D eigenvalue weighted by Gasteiger charge is -2.15. The summed E-state index contributed by atoms with van der Waals surface area (Å²) >= 11 is 0. The van der Waals surface area contributed by atoms with E-state index in [1.54, 1.807) is 0 Å². The number of anilines is 1. The molecule has 1 heterocycles. The van der Waals surface area contributed by atoms with Gasteiger partial charge in [-0.25, -0.2) is 0 Å². The number of aromatic nitrogens is 1. The predicted octanol–water partition coefficient (Wildman–Crippen LogP) is 4.41. The molecule has 1 aromatic heterocycles. The zero-order valence-corrected chi connectivity index (χ0v) is 14.6. The van der Waals surface area contributed by atoms with Crippen molar-refractivity contribution in [1.29, 1.82) is 0 Å². The lowest BCUT2D eigenvalue weighted by atomic mass is 10.00. The second-order valence-corrected chi connectivity index (χ2v) is 6.41. The fourth-order valence-electron chi connectivity index (χ4n) is 3.06. The van der Waals surface area contributed by atoms with Gasteiger partial charge in [-0.1, -0.05) is 47.6 Å². The molecule has 0 bridgehead atoms. The molecule has 5 heteroatoms. The molecule has 26 heavy (non-hydrogen) atoms. The maximum atomic E-state index is 13.0. The monoisotopic (exact) mass is 348 g/mol. The van der Waals surface area contributed by atoms with Gasteiger partial charge < -0.3 is 14.6 Å². The summed E-state index contributed by atoms with van der Waals surface area (Å²) in [6.45, 7) is 2.46. The molecule has 3 aromatic rings. The zero-order chi connectivity index (χ0) is 18.0. The summed E-state index contributed by atoms with van der Waals surface area (Å²) < 4.78 is 11.1. The van der Waals surface area contributed by atoms with Gasteiger partial charge in [-0.05, 0) is 31.9 Å². The van der Waals surface area contributed by atoms with Crippen LogP contribution in [0.15, 0.2) is 65.2 Å². The SMILES string of the molecule is CCOc1ccccc1NC(=O)C1(c2cc(-c3ccccc3)on2)CC1. The Morgan fingerprint density at radius 3 is 2.62 bits per heavy atom. The van der Waals surface area contributed by atoms with E-state index in [1.165, 1.54) is 0 Å². The van der Waals surface area contributed by atoms with Crippen LogP contribution in [0.25, 0.3) is 11.3 Å². The second kappa shape index (κ2) is 6.67. The van der Waals surface area contributed by atoms with E-state index in [2.05, 4.69) is 10.5 Å². The Labute approximate surface area is 152 Å². The van der Waals surface area contributed by atoms with Crippen LogP contribution in [0.5, 0.6) is 5.75 Å². The summed E-state index contributed by atoms with van der Waals surface area (Å²) in [4.78, 5) is 13.0. The highest BCUT2D eigenvalue weighted by Crippen LogP contribution is 2.49. The topological polar surface area (TPSA) is 64.4 Å². The van der Waals surface area contributed by atoms with Crippen LogP contribution < -0.4 is 10.1 Å². The maximum Gasteiger partial charge on any atom is 0.236 e. The molecule has 2 aromatic carbocycles. The summed E-state index contributed by atoms with van der Waals surface area (Å²) in [5.41, 5.74) is 1.69. The van der Waals surface area contributed by atoms with E-state index in [0.29, 0.717) is 29.5 Å². The van der Waals surface area contributed by atoms with Gasteiger partial charge in [0.1, 0.15) is 5.75 Å². The van der Waals surface area contributed by atoms with Crippen molar-refractivity contribution < 1.29 is 14.1 Å². The molecule has 0 radical (unpaired) electrons. The highest BCUT2D eigenvalue weighted by Gasteiger charge is 2.54. The van der Waals surface area contributed by atoms with Crippen LogP contribution in [-0.4, -0.2) is 17.7 Å². The molecule has 4 rings (SSSR count). The minimum absolute atomic E-state index is 0.0717. The number of ether oxygens (including phenoxy) is 1. The van der Waals surface area contributed by atoms with Crippen molar-refractivity contribution in [2.75, 3.05) is 11.9 Å². The van der Waals surface area contributed by atoms with Crippen LogP contribution in [0, 0.1) is 0 Å². The van der Waals surface area contributed by atoms with Crippen LogP contribution in [0.4, 0.5) is 5.69 Å². The molecule has 1 aliphatic carbocycles. The maximum absolute atomic E-state index is 13.0. The molecule has 0 unspecified atom stereocenters. The summed E-state index contributed by atoms with van der Waals surface area (Å²) in [7, 11) is 0. The molecule has 1 N–H and O–H groups in total. The van der Waals surface area contributed by atoms with Gasteiger partial charge in [0.15, 0.2) is 5.76 Å². The molecular formula is C21H20N2O3. The number of nitrogens with zero attached hydrogens (tertiary/aromatic N) is 1. The van der Waals surface area contributed by atoms with Crippen molar-refractivity contribution in [1.82, 2.24) is 5.16 Å². The van der Waals surface area contributed by atoms with E-state index in [0.717, 1.165) is 18.4 Å². The summed E-state index contributed by atoms with van der Waals surface area (Å²) in [6.07, 6.45) is 1.52. The highest BCUT2D eigenvalue weighted by molar-refractivity contribution is 6.02. The molecular weight excluding hydrogens is 328 g/mol. The fraction of sp³-hybridized carbons (Fsp3) is 0.238. The Bertz CT molecular complexity index is 914. The first-order valence-corrected chi connectivity index (χ1v) is 8.79. The van der Waals surface area contributed by atoms with Gasteiger partial charge in [-0.2, -0.15) is 0 Å². The molecule has 1 fully saturated rings. The van der Waals surface area contributed by atoms with Crippen molar-refractivity contribution in [3.8, 4) is 17.1 Å². The molecule has 0 atom stereocenters. The standard InChI is InChI=1S/C21H20N2O3/c1-2-25-17-11-7-6-10-16(17)22-20(24)21(12-13-21)19-14-18(26-23-19)15-8-4-3-5-9-15/h3-11,14H,2,12-13H2,1H3,(H,22,24). The molecule has 132 valence electrons. The molecule has 0 saturated heterocycles. The van der Waals surface area contributed by atoms with Crippen LogP contribution >= 0.6 is 0 Å². The lowest BCUT2D eigenvalue weighted by molar-refractivity contribution is -0.118. The largest absolute Gasteiger partial charge is 0.492 e. The van der Waals surface area contributed by atoms with Crippen LogP contribution in [-0.2, 0) is 10.2 Å². The lowest BCUT2D eigenvalue weighted by Crippen LogP contribution is -2.28. The van der Waals surface area contributed by atoms with Gasteiger partial charge in [-0.15, -0.1) is 0 Å². The number of carbonyl (C=O) groups excluding carboxylic acids is 1. The minimum Gasteiger partial charge on any atom is -0.492 e. The number of hydrogen-bond donors (Lipinski definition) is 1. The van der Waals surface area contributed by atoms with E-state index in [-0.39, 0.29) is 5.91 Å². The first-order chi connectivity index (χ1) is 12.7. The Balaban J connectivity index is 1.56. The van der Waals surface area contributed by atoms with Gasteiger partial charge >= 0.3 is 0 Å². The van der Waals surface area contributed by atoms with Crippen molar-refractivity contribution in [2.45, 2.75) is 25.2 Å². The zero-order valence-electron chi connectivity index (χ0n) is 14.6. The average molecular weight is 348 g/mol. The highest BCUT2D eigenvalue weighted by atomic mass is 16.5. The van der Waals surface area contributed by atoms with E-state index >= 15 is 0 Å². The molecule has 0 aliphatic heterocycles. The second-order valence-electron chi connectivity index (χ2n) is 6.41. The molecule has 0 spiro atoms. The number of nitrogens with one attached hydrogen (secondary N) is 1. The smallest absolute Gasteiger partial charge is 0.236 e. The number of rotatable bonds is 6. The fourth-order valence-corrected chi connectivity index (χ4v) is 3.06. The third-order valence-corrected chi connectivity index (χ3v) is 4.68. The first kappa shape index (κ1) is 16.4. The Kier molecular flexibility index (Phi) is 4.21. The van der Waals surface area contributed by atoms with Crippen molar-refractivity contribution in [3.63, 3.8) is 0 Å². The summed E-state index contributed by atoms with van der Waals surface area (Å²) in [5.74, 6) is 1.27. The van der Waals surface area contributed by atoms with Crippen molar-refractivity contribution in [3.05, 3.63) is 66.4 Å².